The molecule has 2 aromatic carbocycles. The smallest absolute Gasteiger partial charge is 0.251 e. The largest absolute Gasteiger partial charge is 0.381 e. The lowest BCUT2D eigenvalue weighted by Gasteiger charge is -2.52. The van der Waals surface area contributed by atoms with E-state index < -0.39 is 23.1 Å². The lowest BCUT2D eigenvalue weighted by Crippen LogP contribution is -2.71. The zero-order valence-corrected chi connectivity index (χ0v) is 24.8. The average Bonchev–Trinajstić information content (AvgIpc) is 2.83. The van der Waals surface area contributed by atoms with Crippen molar-refractivity contribution in [2.45, 2.75) is 44.6 Å². The van der Waals surface area contributed by atoms with Crippen LogP contribution < -0.4 is 5.32 Å². The van der Waals surface area contributed by atoms with Crippen LogP contribution in [0.4, 0.5) is 8.78 Å². The number of hydrogen-bond donors (Lipinski definition) is 1. The Morgan fingerprint density at radius 3 is 2.52 bits per heavy atom. The maximum atomic E-state index is 14.4. The van der Waals surface area contributed by atoms with Crippen LogP contribution >= 0.6 is 8.58 Å². The van der Waals surface area contributed by atoms with Crippen molar-refractivity contribution in [3.05, 3.63) is 89.0 Å². The molecule has 2 aromatic rings. The summed E-state index contributed by atoms with van der Waals surface area (Å²) < 4.78 is 33.1. The zero-order chi connectivity index (χ0) is 29.1. The Hall–Kier alpha value is -2.73. The molecule has 2 fully saturated rings. The summed E-state index contributed by atoms with van der Waals surface area (Å²) in [4.78, 5) is 29.0. The van der Waals surface area contributed by atoms with Crippen LogP contribution in [-0.2, 0) is 19.7 Å². The first kappa shape index (κ1) is 30.2. The summed E-state index contributed by atoms with van der Waals surface area (Å²) in [6, 6.07) is 11.6. The van der Waals surface area contributed by atoms with E-state index >= 15 is 0 Å². The Balaban J connectivity index is 1.47. The molecule has 1 unspecified atom stereocenters. The number of carbonyl (C=O) groups is 2. The molecular weight excluding hydrogens is 529 g/mol. The van der Waals surface area contributed by atoms with E-state index in [4.69, 9.17) is 4.74 Å². The van der Waals surface area contributed by atoms with E-state index in [1.165, 1.54) is 12.1 Å². The number of amides is 1. The van der Waals surface area contributed by atoms with Gasteiger partial charge < -0.3 is 10.1 Å². The van der Waals surface area contributed by atoms with Crippen molar-refractivity contribution in [3.63, 3.8) is 0 Å². The van der Waals surface area contributed by atoms with Gasteiger partial charge in [-0.3, -0.25) is 14.5 Å². The van der Waals surface area contributed by atoms with Crippen molar-refractivity contribution in [2.24, 2.45) is 5.92 Å². The maximum Gasteiger partial charge on any atom is 0.251 e. The number of nitrogens with zero attached hydrogens (tertiary/aromatic N) is 1. The molecule has 2 heterocycles. The summed E-state index contributed by atoms with van der Waals surface area (Å²) in [6.45, 7) is 15.5. The molecular formula is C32H39F2N2O3P. The van der Waals surface area contributed by atoms with Crippen molar-refractivity contribution >= 4 is 25.6 Å². The van der Waals surface area contributed by atoms with Gasteiger partial charge in [0, 0.05) is 55.6 Å². The number of benzene rings is 2. The minimum absolute atomic E-state index is 0.0868. The van der Waals surface area contributed by atoms with Crippen LogP contribution in [0.15, 0.2) is 60.7 Å². The van der Waals surface area contributed by atoms with Crippen molar-refractivity contribution < 1.29 is 23.1 Å². The van der Waals surface area contributed by atoms with E-state index in [0.717, 1.165) is 37.0 Å². The lowest BCUT2D eigenvalue weighted by atomic mass is 9.76. The monoisotopic (exact) mass is 568 g/mol. The third-order valence-electron chi connectivity index (χ3n) is 7.73. The lowest BCUT2D eigenvalue weighted by molar-refractivity contribution is -0.129. The number of nitrogens with one attached hydrogen (secondary N) is 1. The second-order valence-electron chi connectivity index (χ2n) is 11.9. The molecule has 5 nitrogen and oxygen atoms in total. The molecule has 1 amide bonds. The maximum absolute atomic E-state index is 14.4. The van der Waals surface area contributed by atoms with Crippen LogP contribution in [0.3, 0.4) is 0 Å². The SMILES string of the molecule is C=C(/C=C(\PC)c1ccc(F)cc1F)C(=O)NC1(CC(=O)CC(C)(C)c2cccc(C)c2)CN(CC2COC2)C1. The third-order valence-corrected chi connectivity index (χ3v) is 8.68. The van der Waals surface area contributed by atoms with E-state index in [-0.39, 0.29) is 37.3 Å². The topological polar surface area (TPSA) is 58.6 Å². The predicted octanol–water partition coefficient (Wildman–Crippen LogP) is 5.62. The van der Waals surface area contributed by atoms with E-state index in [1.807, 2.05) is 25.7 Å². The van der Waals surface area contributed by atoms with E-state index in [2.05, 4.69) is 42.8 Å². The van der Waals surface area contributed by atoms with Gasteiger partial charge in [-0.25, -0.2) is 8.78 Å². The minimum atomic E-state index is -0.700. The summed E-state index contributed by atoms with van der Waals surface area (Å²) in [6.07, 6.45) is 2.14. The Labute approximate surface area is 237 Å². The van der Waals surface area contributed by atoms with Crippen molar-refractivity contribution in [3.8, 4) is 0 Å². The molecule has 8 heteroatoms. The van der Waals surface area contributed by atoms with E-state index in [9.17, 15) is 18.4 Å². The molecule has 1 atom stereocenters. The molecule has 0 aliphatic carbocycles. The number of rotatable bonds is 12. The Bertz CT molecular complexity index is 1310. The number of aryl methyl sites for hydroxylation is 1. The van der Waals surface area contributed by atoms with Gasteiger partial charge in [-0.15, -0.1) is 0 Å². The molecule has 0 saturated carbocycles. The number of ether oxygens (including phenoxy) is 1. The van der Waals surface area contributed by atoms with Crippen molar-refractivity contribution in [1.29, 1.82) is 0 Å². The van der Waals surface area contributed by atoms with Crippen LogP contribution in [0.1, 0.15) is 43.4 Å². The standard InChI is InChI=1S/C32H39F2N2O3P/c1-21-7-6-8-24(11-21)31(3,4)14-26(37)15-32(19-36(20-32)16-23-17-39-18-23)35-30(38)22(2)12-29(40-5)27-10-9-25(33)13-28(27)34/h6-13,23,40H,2,14-20H2,1,3-5H3,(H,35,38)/b29-12-. The first-order valence-electron chi connectivity index (χ1n) is 13.6. The Morgan fingerprint density at radius 2 is 1.93 bits per heavy atom. The van der Waals surface area contributed by atoms with Crippen LogP contribution in [0.2, 0.25) is 0 Å². The van der Waals surface area contributed by atoms with Crippen LogP contribution in [0.5, 0.6) is 0 Å². The molecule has 2 saturated heterocycles. The van der Waals surface area contributed by atoms with Crippen LogP contribution in [-0.4, -0.2) is 61.6 Å². The van der Waals surface area contributed by atoms with Gasteiger partial charge in [0.1, 0.15) is 17.4 Å². The fourth-order valence-corrected chi connectivity index (χ4v) is 6.37. The number of likely N-dealkylation sites (tertiary alicyclic amines) is 1. The van der Waals surface area contributed by atoms with Crippen LogP contribution in [0, 0.1) is 24.5 Å². The second kappa shape index (κ2) is 12.4. The molecule has 0 aromatic heterocycles. The summed E-state index contributed by atoms with van der Waals surface area (Å²) in [7, 11) is 0.165. The summed E-state index contributed by atoms with van der Waals surface area (Å²) in [5.74, 6) is -1.17. The van der Waals surface area contributed by atoms with E-state index in [0.29, 0.717) is 30.7 Å². The number of Topliss-reactive ketones (excluding diaryl/α,β-unsaturated/α-hetero) is 1. The summed E-state index contributed by atoms with van der Waals surface area (Å²) in [5.41, 5.74) is 1.63. The van der Waals surface area contributed by atoms with Crippen LogP contribution in [0.25, 0.3) is 5.31 Å². The summed E-state index contributed by atoms with van der Waals surface area (Å²) >= 11 is 0. The first-order chi connectivity index (χ1) is 18.9. The fraction of sp³-hybridized carbons (Fsp3) is 0.438. The molecule has 0 radical (unpaired) electrons. The van der Waals surface area contributed by atoms with Gasteiger partial charge in [0.25, 0.3) is 5.91 Å². The third kappa shape index (κ3) is 7.31. The number of ketones is 1. The minimum Gasteiger partial charge on any atom is -0.381 e. The van der Waals surface area contributed by atoms with Gasteiger partial charge in [0.05, 0.1) is 18.8 Å². The molecule has 0 spiro atoms. The van der Waals surface area contributed by atoms with E-state index in [1.54, 1.807) is 6.08 Å². The molecule has 40 heavy (non-hydrogen) atoms. The highest BCUT2D eigenvalue weighted by atomic mass is 31.1. The first-order valence-corrected chi connectivity index (χ1v) is 15.1. The predicted molar refractivity (Wildman–Crippen MR) is 158 cm³/mol. The highest BCUT2D eigenvalue weighted by Crippen LogP contribution is 2.35. The Kier molecular flexibility index (Phi) is 9.39. The van der Waals surface area contributed by atoms with Crippen molar-refractivity contribution in [2.75, 3.05) is 39.5 Å². The summed E-state index contributed by atoms with van der Waals surface area (Å²) in [5, 5.41) is 3.68. The highest BCUT2D eigenvalue weighted by Gasteiger charge is 2.47. The van der Waals surface area contributed by atoms with Gasteiger partial charge in [-0.2, -0.15) is 0 Å². The molecule has 4 rings (SSSR count). The molecule has 2 aliphatic heterocycles. The number of halogens is 2. The zero-order valence-electron chi connectivity index (χ0n) is 23.8. The van der Waals surface area contributed by atoms with Gasteiger partial charge in [0.15, 0.2) is 0 Å². The highest BCUT2D eigenvalue weighted by molar-refractivity contribution is 7.49. The fourth-order valence-electron chi connectivity index (χ4n) is 5.58. The number of hydrogen-bond acceptors (Lipinski definition) is 4. The second-order valence-corrected chi connectivity index (χ2v) is 12.9. The van der Waals surface area contributed by atoms with Gasteiger partial charge >= 0.3 is 0 Å². The molecule has 0 bridgehead atoms. The van der Waals surface area contributed by atoms with Gasteiger partial charge in [0.2, 0.25) is 0 Å². The number of carbonyl (C=O) groups excluding carboxylic acids is 2. The molecule has 2 aliphatic rings. The quantitative estimate of drug-likeness (QED) is 0.205. The Morgan fingerprint density at radius 1 is 1.20 bits per heavy atom. The average molecular weight is 569 g/mol. The molecule has 214 valence electrons. The van der Waals surface area contributed by atoms with Crippen molar-refractivity contribution in [1.82, 2.24) is 10.2 Å². The normalized spacial score (nSPS) is 17.9. The van der Waals surface area contributed by atoms with Gasteiger partial charge in [-0.1, -0.05) is 58.8 Å². The molecule has 1 N–H and O–H groups in total. The van der Waals surface area contributed by atoms with Gasteiger partial charge in [-0.05, 0) is 48.1 Å².